The van der Waals surface area contributed by atoms with E-state index in [9.17, 15) is 0 Å². The molecule has 1 unspecified atom stereocenters. The number of benzene rings is 1. The molecule has 1 N–H and O–H groups in total. The quantitative estimate of drug-likeness (QED) is 0.796. The highest BCUT2D eigenvalue weighted by molar-refractivity contribution is 5.54. The zero-order valence-electron chi connectivity index (χ0n) is 10.1. The minimum atomic E-state index is 0.515. The van der Waals surface area contributed by atoms with Crippen LogP contribution >= 0.6 is 0 Å². The summed E-state index contributed by atoms with van der Waals surface area (Å²) in [6.07, 6.45) is 1.13. The van der Waals surface area contributed by atoms with Gasteiger partial charge in [-0.15, -0.1) is 0 Å². The Labute approximate surface area is 92.6 Å². The van der Waals surface area contributed by atoms with Crippen molar-refractivity contribution in [3.8, 4) is 5.75 Å². The summed E-state index contributed by atoms with van der Waals surface area (Å²) in [5.74, 6) is 0.949. The summed E-state index contributed by atoms with van der Waals surface area (Å²) < 4.78 is 5.45. The Kier molecular flexibility index (Phi) is 4.47. The third-order valence-corrected chi connectivity index (χ3v) is 2.52. The van der Waals surface area contributed by atoms with Gasteiger partial charge in [-0.1, -0.05) is 6.92 Å². The highest BCUT2D eigenvalue weighted by atomic mass is 16.5. The first-order chi connectivity index (χ1) is 7.17. The number of anilines is 1. The average molecular weight is 207 g/mol. The van der Waals surface area contributed by atoms with Gasteiger partial charge in [-0.25, -0.2) is 0 Å². The Hall–Kier alpha value is -1.18. The molecule has 2 heteroatoms. The zero-order valence-corrected chi connectivity index (χ0v) is 10.1. The van der Waals surface area contributed by atoms with E-state index in [1.807, 2.05) is 13.0 Å². The van der Waals surface area contributed by atoms with Crippen LogP contribution in [0.15, 0.2) is 18.2 Å². The number of hydrogen-bond donors (Lipinski definition) is 1. The highest BCUT2D eigenvalue weighted by Crippen LogP contribution is 2.22. The Morgan fingerprint density at radius 1 is 1.33 bits per heavy atom. The van der Waals surface area contributed by atoms with Crippen LogP contribution in [-0.2, 0) is 0 Å². The highest BCUT2D eigenvalue weighted by Gasteiger charge is 2.03. The summed E-state index contributed by atoms with van der Waals surface area (Å²) in [7, 11) is 0. The number of aryl methyl sites for hydroxylation is 1. The lowest BCUT2D eigenvalue weighted by Crippen LogP contribution is -2.14. The molecule has 0 saturated carbocycles. The molecule has 1 aromatic rings. The van der Waals surface area contributed by atoms with Crippen LogP contribution in [0, 0.1) is 6.92 Å². The van der Waals surface area contributed by atoms with E-state index in [0.717, 1.165) is 18.8 Å². The van der Waals surface area contributed by atoms with Gasteiger partial charge in [0.15, 0.2) is 0 Å². The average Bonchev–Trinajstić information content (AvgIpc) is 2.22. The van der Waals surface area contributed by atoms with Crippen molar-refractivity contribution in [1.82, 2.24) is 0 Å². The van der Waals surface area contributed by atoms with Crippen LogP contribution in [0.1, 0.15) is 32.8 Å². The van der Waals surface area contributed by atoms with E-state index in [2.05, 4.69) is 38.2 Å². The summed E-state index contributed by atoms with van der Waals surface area (Å²) in [6, 6.07) is 6.70. The maximum absolute atomic E-state index is 5.45. The number of ether oxygens (including phenoxy) is 1. The van der Waals surface area contributed by atoms with Crippen molar-refractivity contribution in [2.45, 2.75) is 40.2 Å². The van der Waals surface area contributed by atoms with Crippen molar-refractivity contribution in [3.63, 3.8) is 0 Å². The molecule has 0 spiro atoms. The van der Waals surface area contributed by atoms with Gasteiger partial charge >= 0.3 is 0 Å². The van der Waals surface area contributed by atoms with Crippen molar-refractivity contribution in [2.24, 2.45) is 0 Å². The number of rotatable bonds is 5. The maximum atomic E-state index is 5.45. The number of hydrogen-bond acceptors (Lipinski definition) is 2. The molecule has 0 saturated heterocycles. The van der Waals surface area contributed by atoms with Crippen LogP contribution in [0.5, 0.6) is 5.75 Å². The summed E-state index contributed by atoms with van der Waals surface area (Å²) in [4.78, 5) is 0. The first kappa shape index (κ1) is 11.9. The summed E-state index contributed by atoms with van der Waals surface area (Å²) in [5, 5.41) is 3.47. The molecule has 0 bridgehead atoms. The predicted molar refractivity (Wildman–Crippen MR) is 65.7 cm³/mol. The van der Waals surface area contributed by atoms with Gasteiger partial charge < -0.3 is 10.1 Å². The first-order valence-corrected chi connectivity index (χ1v) is 5.67. The van der Waals surface area contributed by atoms with Gasteiger partial charge in [-0.2, -0.15) is 0 Å². The fourth-order valence-corrected chi connectivity index (χ4v) is 1.42. The third kappa shape index (κ3) is 3.46. The van der Waals surface area contributed by atoms with E-state index in [0.29, 0.717) is 6.04 Å². The lowest BCUT2D eigenvalue weighted by Gasteiger charge is -2.16. The van der Waals surface area contributed by atoms with Crippen LogP contribution in [0.4, 0.5) is 5.69 Å². The lowest BCUT2D eigenvalue weighted by atomic mass is 10.1. The minimum absolute atomic E-state index is 0.515. The Balaban J connectivity index is 2.74. The van der Waals surface area contributed by atoms with Gasteiger partial charge in [-0.05, 0) is 51.0 Å². The monoisotopic (exact) mass is 207 g/mol. The van der Waals surface area contributed by atoms with Gasteiger partial charge in [0, 0.05) is 11.7 Å². The molecule has 1 atom stereocenters. The van der Waals surface area contributed by atoms with Gasteiger partial charge in [-0.3, -0.25) is 0 Å². The molecule has 0 fully saturated rings. The van der Waals surface area contributed by atoms with E-state index in [1.54, 1.807) is 0 Å². The summed E-state index contributed by atoms with van der Waals surface area (Å²) in [5.41, 5.74) is 2.44. The lowest BCUT2D eigenvalue weighted by molar-refractivity contribution is 0.340. The molecule has 0 aromatic heterocycles. The second-order valence-corrected chi connectivity index (χ2v) is 3.86. The molecule has 0 aliphatic rings. The van der Waals surface area contributed by atoms with Gasteiger partial charge in [0.05, 0.1) is 6.61 Å². The standard InChI is InChI=1S/C13H21NO/c1-5-11(4)14-13-8-7-12(15-6-2)9-10(13)3/h7-9,11,14H,5-6H2,1-4H3. The van der Waals surface area contributed by atoms with Crippen LogP contribution in [0.25, 0.3) is 0 Å². The van der Waals surface area contributed by atoms with Crippen LogP contribution < -0.4 is 10.1 Å². The van der Waals surface area contributed by atoms with Gasteiger partial charge in [0.2, 0.25) is 0 Å². The first-order valence-electron chi connectivity index (χ1n) is 5.67. The zero-order chi connectivity index (χ0) is 11.3. The molecule has 0 radical (unpaired) electrons. The molecule has 1 rings (SSSR count). The van der Waals surface area contributed by atoms with E-state index in [4.69, 9.17) is 4.74 Å². The molecule has 0 aliphatic carbocycles. The molecular weight excluding hydrogens is 186 g/mol. The fraction of sp³-hybridized carbons (Fsp3) is 0.538. The van der Waals surface area contributed by atoms with Crippen molar-refractivity contribution >= 4 is 5.69 Å². The van der Waals surface area contributed by atoms with Gasteiger partial charge in [0.25, 0.3) is 0 Å². The SMILES string of the molecule is CCOc1ccc(NC(C)CC)c(C)c1. The molecule has 0 amide bonds. The summed E-state index contributed by atoms with van der Waals surface area (Å²) >= 11 is 0. The fourth-order valence-electron chi connectivity index (χ4n) is 1.42. The Bertz CT molecular complexity index is 309. The van der Waals surface area contributed by atoms with Crippen molar-refractivity contribution in [1.29, 1.82) is 0 Å². The molecule has 84 valence electrons. The van der Waals surface area contributed by atoms with E-state index >= 15 is 0 Å². The Morgan fingerprint density at radius 3 is 2.60 bits per heavy atom. The second-order valence-electron chi connectivity index (χ2n) is 3.86. The molecule has 15 heavy (non-hydrogen) atoms. The normalized spacial score (nSPS) is 12.3. The summed E-state index contributed by atoms with van der Waals surface area (Å²) in [6.45, 7) is 9.20. The topological polar surface area (TPSA) is 21.3 Å². The number of nitrogens with one attached hydrogen (secondary N) is 1. The minimum Gasteiger partial charge on any atom is -0.494 e. The smallest absolute Gasteiger partial charge is 0.119 e. The largest absolute Gasteiger partial charge is 0.494 e. The van der Waals surface area contributed by atoms with Crippen molar-refractivity contribution in [3.05, 3.63) is 23.8 Å². The molecular formula is C13H21NO. The molecule has 0 heterocycles. The molecule has 0 aliphatic heterocycles. The molecule has 2 nitrogen and oxygen atoms in total. The second kappa shape index (κ2) is 5.64. The van der Waals surface area contributed by atoms with Crippen molar-refractivity contribution < 1.29 is 4.74 Å². The van der Waals surface area contributed by atoms with Crippen LogP contribution in [-0.4, -0.2) is 12.6 Å². The molecule has 1 aromatic carbocycles. The van der Waals surface area contributed by atoms with Crippen molar-refractivity contribution in [2.75, 3.05) is 11.9 Å². The Morgan fingerprint density at radius 2 is 2.07 bits per heavy atom. The third-order valence-electron chi connectivity index (χ3n) is 2.52. The van der Waals surface area contributed by atoms with E-state index in [-0.39, 0.29) is 0 Å². The van der Waals surface area contributed by atoms with E-state index < -0.39 is 0 Å². The van der Waals surface area contributed by atoms with Gasteiger partial charge in [0.1, 0.15) is 5.75 Å². The van der Waals surface area contributed by atoms with Crippen LogP contribution in [0.3, 0.4) is 0 Å². The van der Waals surface area contributed by atoms with E-state index in [1.165, 1.54) is 11.3 Å². The predicted octanol–water partition coefficient (Wildman–Crippen LogP) is 3.60. The van der Waals surface area contributed by atoms with Crippen LogP contribution in [0.2, 0.25) is 0 Å². The maximum Gasteiger partial charge on any atom is 0.119 e.